The van der Waals surface area contributed by atoms with E-state index in [0.29, 0.717) is 4.83 Å². The predicted octanol–water partition coefficient (Wildman–Crippen LogP) is 4.38. The molecular weight excluding hydrogens is 282 g/mol. The standard InChI is InChI=1S/C13H14BrNS/c1-2-11-9-16-13(15-11)8-12(14)10-6-4-3-5-7-10/h3-7,9,12H,2,8H2,1H3. The van der Waals surface area contributed by atoms with Crippen LogP contribution in [-0.2, 0) is 12.8 Å². The minimum Gasteiger partial charge on any atom is -0.246 e. The summed E-state index contributed by atoms with van der Waals surface area (Å²) < 4.78 is 0. The van der Waals surface area contributed by atoms with Crippen molar-refractivity contribution in [1.82, 2.24) is 4.98 Å². The van der Waals surface area contributed by atoms with Gasteiger partial charge in [0.1, 0.15) is 0 Å². The molecule has 0 fully saturated rings. The molecule has 0 radical (unpaired) electrons. The van der Waals surface area contributed by atoms with E-state index in [-0.39, 0.29) is 0 Å². The molecule has 1 nitrogen and oxygen atoms in total. The molecule has 3 heteroatoms. The Bertz CT molecular complexity index is 438. The minimum absolute atomic E-state index is 0.365. The molecule has 1 heterocycles. The number of halogens is 1. The van der Waals surface area contributed by atoms with Crippen molar-refractivity contribution >= 4 is 27.3 Å². The summed E-state index contributed by atoms with van der Waals surface area (Å²) in [5, 5.41) is 3.36. The molecule has 1 atom stereocenters. The molecule has 0 spiro atoms. The lowest BCUT2D eigenvalue weighted by atomic mass is 10.1. The van der Waals surface area contributed by atoms with Crippen molar-refractivity contribution < 1.29 is 0 Å². The van der Waals surface area contributed by atoms with E-state index in [2.05, 4.69) is 57.5 Å². The Morgan fingerprint density at radius 1 is 1.31 bits per heavy atom. The number of rotatable bonds is 4. The van der Waals surface area contributed by atoms with Gasteiger partial charge in [0.2, 0.25) is 0 Å². The van der Waals surface area contributed by atoms with Gasteiger partial charge in [0.05, 0.1) is 10.7 Å². The first-order valence-electron chi connectivity index (χ1n) is 5.42. The van der Waals surface area contributed by atoms with Crippen LogP contribution in [0.15, 0.2) is 35.7 Å². The third-order valence-corrected chi connectivity index (χ3v) is 4.25. The van der Waals surface area contributed by atoms with Gasteiger partial charge < -0.3 is 0 Å². The molecule has 0 amide bonds. The van der Waals surface area contributed by atoms with Gasteiger partial charge in [-0.1, -0.05) is 53.2 Å². The van der Waals surface area contributed by atoms with E-state index in [0.717, 1.165) is 12.8 Å². The van der Waals surface area contributed by atoms with Crippen LogP contribution in [0.3, 0.4) is 0 Å². The minimum atomic E-state index is 0.365. The Hall–Kier alpha value is -0.670. The fourth-order valence-electron chi connectivity index (χ4n) is 1.54. The Morgan fingerprint density at radius 2 is 2.06 bits per heavy atom. The Balaban J connectivity index is 2.05. The van der Waals surface area contributed by atoms with Gasteiger partial charge in [-0.15, -0.1) is 11.3 Å². The first-order chi connectivity index (χ1) is 7.79. The quantitative estimate of drug-likeness (QED) is 0.763. The number of thiazole rings is 1. The molecule has 0 bridgehead atoms. The van der Waals surface area contributed by atoms with Crippen LogP contribution < -0.4 is 0 Å². The second kappa shape index (κ2) is 5.60. The number of nitrogens with zero attached hydrogens (tertiary/aromatic N) is 1. The molecule has 0 N–H and O–H groups in total. The smallest absolute Gasteiger partial charge is 0.0942 e. The molecule has 1 unspecified atom stereocenters. The number of aromatic nitrogens is 1. The van der Waals surface area contributed by atoms with Crippen LogP contribution in [0, 0.1) is 0 Å². The van der Waals surface area contributed by atoms with E-state index < -0.39 is 0 Å². The average Bonchev–Trinajstić information content (AvgIpc) is 2.78. The van der Waals surface area contributed by atoms with Crippen LogP contribution >= 0.6 is 27.3 Å². The number of aryl methyl sites for hydroxylation is 1. The predicted molar refractivity (Wildman–Crippen MR) is 73.3 cm³/mol. The number of benzene rings is 1. The summed E-state index contributed by atoms with van der Waals surface area (Å²) in [4.78, 5) is 4.95. The van der Waals surface area contributed by atoms with E-state index in [1.54, 1.807) is 11.3 Å². The maximum absolute atomic E-state index is 4.58. The molecule has 2 rings (SSSR count). The highest BCUT2D eigenvalue weighted by Gasteiger charge is 2.10. The lowest BCUT2D eigenvalue weighted by Crippen LogP contribution is -1.95. The molecule has 0 saturated carbocycles. The van der Waals surface area contributed by atoms with Crippen molar-refractivity contribution in [2.75, 3.05) is 0 Å². The normalized spacial score (nSPS) is 12.6. The Labute approximate surface area is 109 Å². The summed E-state index contributed by atoms with van der Waals surface area (Å²) in [5.41, 5.74) is 2.52. The summed E-state index contributed by atoms with van der Waals surface area (Å²) in [6.07, 6.45) is 1.99. The highest BCUT2D eigenvalue weighted by molar-refractivity contribution is 9.09. The van der Waals surface area contributed by atoms with Gasteiger partial charge in [-0.2, -0.15) is 0 Å². The third kappa shape index (κ3) is 2.92. The van der Waals surface area contributed by atoms with Gasteiger partial charge in [0.15, 0.2) is 0 Å². The number of hydrogen-bond donors (Lipinski definition) is 0. The zero-order valence-corrected chi connectivity index (χ0v) is 11.6. The van der Waals surface area contributed by atoms with E-state index in [4.69, 9.17) is 0 Å². The third-order valence-electron chi connectivity index (χ3n) is 2.48. The van der Waals surface area contributed by atoms with Crippen molar-refractivity contribution in [2.45, 2.75) is 24.6 Å². The average molecular weight is 296 g/mol. The van der Waals surface area contributed by atoms with Gasteiger partial charge in [-0.05, 0) is 12.0 Å². The van der Waals surface area contributed by atoms with Crippen molar-refractivity contribution in [2.24, 2.45) is 0 Å². The summed E-state index contributed by atoms with van der Waals surface area (Å²) in [6.45, 7) is 2.14. The second-order valence-electron chi connectivity index (χ2n) is 3.67. The largest absolute Gasteiger partial charge is 0.246 e. The van der Waals surface area contributed by atoms with Gasteiger partial charge in [0, 0.05) is 16.6 Å². The fourth-order valence-corrected chi connectivity index (χ4v) is 3.29. The molecule has 2 aromatic rings. The van der Waals surface area contributed by atoms with Gasteiger partial charge in [0.25, 0.3) is 0 Å². The van der Waals surface area contributed by atoms with Crippen LogP contribution in [0.2, 0.25) is 0 Å². The Morgan fingerprint density at radius 3 is 2.69 bits per heavy atom. The molecule has 0 aliphatic rings. The molecule has 0 saturated heterocycles. The van der Waals surface area contributed by atoms with Crippen molar-refractivity contribution in [3.05, 3.63) is 52.0 Å². The number of alkyl halides is 1. The molecule has 16 heavy (non-hydrogen) atoms. The number of hydrogen-bond acceptors (Lipinski definition) is 2. The SMILES string of the molecule is CCc1csc(CC(Br)c2ccccc2)n1. The van der Waals surface area contributed by atoms with Gasteiger partial charge in [-0.3, -0.25) is 0 Å². The van der Waals surface area contributed by atoms with Crippen molar-refractivity contribution in [1.29, 1.82) is 0 Å². The first-order valence-corrected chi connectivity index (χ1v) is 7.21. The van der Waals surface area contributed by atoms with Crippen LogP contribution in [0.25, 0.3) is 0 Å². The highest BCUT2D eigenvalue weighted by atomic mass is 79.9. The summed E-state index contributed by atoms with van der Waals surface area (Å²) >= 11 is 5.48. The topological polar surface area (TPSA) is 12.9 Å². The lowest BCUT2D eigenvalue weighted by Gasteiger charge is -2.07. The molecule has 0 aliphatic heterocycles. The van der Waals surface area contributed by atoms with Crippen LogP contribution in [0.4, 0.5) is 0 Å². The van der Waals surface area contributed by atoms with E-state index in [9.17, 15) is 0 Å². The molecule has 84 valence electrons. The van der Waals surface area contributed by atoms with Gasteiger partial charge >= 0.3 is 0 Å². The van der Waals surface area contributed by atoms with E-state index >= 15 is 0 Å². The van der Waals surface area contributed by atoms with Crippen molar-refractivity contribution in [3.8, 4) is 0 Å². The maximum Gasteiger partial charge on any atom is 0.0942 e. The molecular formula is C13H14BrNS. The Kier molecular flexibility index (Phi) is 4.13. The maximum atomic E-state index is 4.58. The highest BCUT2D eigenvalue weighted by Crippen LogP contribution is 2.27. The summed E-state index contributed by atoms with van der Waals surface area (Å²) in [6, 6.07) is 10.5. The molecule has 1 aromatic carbocycles. The summed E-state index contributed by atoms with van der Waals surface area (Å²) in [5.74, 6) is 0. The van der Waals surface area contributed by atoms with Crippen molar-refractivity contribution in [3.63, 3.8) is 0 Å². The van der Waals surface area contributed by atoms with Crippen LogP contribution in [0.1, 0.15) is 28.0 Å². The first kappa shape index (κ1) is 11.8. The van der Waals surface area contributed by atoms with Crippen LogP contribution in [-0.4, -0.2) is 4.98 Å². The fraction of sp³-hybridized carbons (Fsp3) is 0.308. The van der Waals surface area contributed by atoms with Crippen LogP contribution in [0.5, 0.6) is 0 Å². The summed E-state index contributed by atoms with van der Waals surface area (Å²) in [7, 11) is 0. The lowest BCUT2D eigenvalue weighted by molar-refractivity contribution is 0.914. The molecule has 0 aliphatic carbocycles. The monoisotopic (exact) mass is 295 g/mol. The van der Waals surface area contributed by atoms with E-state index in [1.807, 2.05) is 6.07 Å². The second-order valence-corrected chi connectivity index (χ2v) is 5.72. The zero-order chi connectivity index (χ0) is 11.4. The zero-order valence-electron chi connectivity index (χ0n) is 9.19. The molecule has 1 aromatic heterocycles. The van der Waals surface area contributed by atoms with E-state index in [1.165, 1.54) is 16.3 Å². The van der Waals surface area contributed by atoms with Gasteiger partial charge in [-0.25, -0.2) is 4.98 Å².